The van der Waals surface area contributed by atoms with Crippen LogP contribution >= 0.6 is 0 Å². The predicted octanol–water partition coefficient (Wildman–Crippen LogP) is 2.49. The highest BCUT2D eigenvalue weighted by molar-refractivity contribution is 5.92. The minimum absolute atomic E-state index is 0.0524. The molecule has 3 heterocycles. The zero-order chi connectivity index (χ0) is 20.2. The molecule has 4 rings (SSSR count). The van der Waals surface area contributed by atoms with Crippen molar-refractivity contribution >= 4 is 17.3 Å². The Labute approximate surface area is 173 Å². The summed E-state index contributed by atoms with van der Waals surface area (Å²) >= 11 is 0. The Morgan fingerprint density at radius 1 is 0.897 bits per heavy atom. The van der Waals surface area contributed by atoms with Crippen molar-refractivity contribution in [3.8, 4) is 0 Å². The predicted molar refractivity (Wildman–Crippen MR) is 118 cm³/mol. The average Bonchev–Trinajstić information content (AvgIpc) is 2.79. The van der Waals surface area contributed by atoms with Gasteiger partial charge in [0, 0.05) is 58.0 Å². The Bertz CT molecular complexity index is 821. The number of hydrogen-bond donors (Lipinski definition) is 0. The first-order valence-electron chi connectivity index (χ1n) is 10.7. The number of carbonyl (C=O) groups is 1. The zero-order valence-electron chi connectivity index (χ0n) is 17.5. The number of carbonyl (C=O) groups excluding carboxylic acids is 1. The van der Waals surface area contributed by atoms with Crippen molar-refractivity contribution in [2.75, 3.05) is 68.7 Å². The molecule has 0 saturated carbocycles. The molecule has 0 N–H and O–H groups in total. The largest absolute Gasteiger partial charge is 0.368 e. The summed E-state index contributed by atoms with van der Waals surface area (Å²) in [6.07, 6.45) is 1.86. The molecule has 1 amide bonds. The van der Waals surface area contributed by atoms with Gasteiger partial charge in [-0.05, 0) is 43.3 Å². The summed E-state index contributed by atoms with van der Waals surface area (Å²) in [4.78, 5) is 26.3. The Kier molecular flexibility index (Phi) is 6.00. The summed E-state index contributed by atoms with van der Waals surface area (Å²) in [6, 6.07) is 12.6. The maximum absolute atomic E-state index is 12.7. The number of pyridine rings is 1. The average molecular weight is 394 g/mol. The molecule has 2 saturated heterocycles. The van der Waals surface area contributed by atoms with Gasteiger partial charge in [-0.3, -0.25) is 4.79 Å². The van der Waals surface area contributed by atoms with Crippen molar-refractivity contribution in [3.63, 3.8) is 0 Å². The van der Waals surface area contributed by atoms with Gasteiger partial charge in [0.2, 0.25) is 0 Å². The third-order valence-corrected chi connectivity index (χ3v) is 6.09. The second-order valence-corrected chi connectivity index (χ2v) is 7.94. The van der Waals surface area contributed by atoms with Crippen LogP contribution in [0.25, 0.3) is 0 Å². The van der Waals surface area contributed by atoms with Gasteiger partial charge < -0.3 is 19.6 Å². The molecular formula is C23H31N5O. The molecule has 154 valence electrons. The van der Waals surface area contributed by atoms with Crippen LogP contribution in [0.15, 0.2) is 42.6 Å². The van der Waals surface area contributed by atoms with Crippen molar-refractivity contribution in [2.24, 2.45) is 0 Å². The number of anilines is 2. The fourth-order valence-electron chi connectivity index (χ4n) is 4.18. The molecular weight excluding hydrogens is 362 g/mol. The Hall–Kier alpha value is -2.60. The van der Waals surface area contributed by atoms with Crippen LogP contribution in [0.2, 0.25) is 0 Å². The number of rotatable bonds is 4. The highest BCUT2D eigenvalue weighted by Gasteiger charge is 2.23. The van der Waals surface area contributed by atoms with E-state index < -0.39 is 0 Å². The minimum Gasteiger partial charge on any atom is -0.368 e. The van der Waals surface area contributed by atoms with E-state index >= 15 is 0 Å². The number of piperazine rings is 2. The van der Waals surface area contributed by atoms with E-state index in [1.165, 1.54) is 11.3 Å². The standard InChI is InChI=1S/C23H31N5O/c1-3-25-9-11-28(12-10-25)23(29)22-8-7-21(18-24-22)27-15-13-26(14-16-27)20-6-4-5-19(2)17-20/h4-8,17-18H,3,9-16H2,1-2H3. The molecule has 0 unspecified atom stereocenters. The monoisotopic (exact) mass is 393 g/mol. The molecule has 2 aliphatic rings. The van der Waals surface area contributed by atoms with Crippen LogP contribution in [0, 0.1) is 6.92 Å². The van der Waals surface area contributed by atoms with Crippen molar-refractivity contribution in [3.05, 3.63) is 53.9 Å². The van der Waals surface area contributed by atoms with Gasteiger partial charge in [0.25, 0.3) is 5.91 Å². The van der Waals surface area contributed by atoms with Gasteiger partial charge in [0.05, 0.1) is 11.9 Å². The molecule has 0 aliphatic carbocycles. The summed E-state index contributed by atoms with van der Waals surface area (Å²) in [5.41, 5.74) is 4.25. The van der Waals surface area contributed by atoms with Gasteiger partial charge in [-0.15, -0.1) is 0 Å². The number of hydrogen-bond acceptors (Lipinski definition) is 5. The molecule has 0 atom stereocenters. The number of aromatic nitrogens is 1. The van der Waals surface area contributed by atoms with Crippen LogP contribution in [0.5, 0.6) is 0 Å². The van der Waals surface area contributed by atoms with E-state index in [1.807, 2.05) is 23.2 Å². The van der Waals surface area contributed by atoms with E-state index in [-0.39, 0.29) is 5.91 Å². The van der Waals surface area contributed by atoms with Gasteiger partial charge >= 0.3 is 0 Å². The first-order chi connectivity index (χ1) is 14.1. The van der Waals surface area contributed by atoms with E-state index in [1.54, 1.807) is 0 Å². The lowest BCUT2D eigenvalue weighted by Crippen LogP contribution is -2.48. The Balaban J connectivity index is 1.33. The summed E-state index contributed by atoms with van der Waals surface area (Å²) in [6.45, 7) is 12.7. The smallest absolute Gasteiger partial charge is 0.272 e. The number of likely N-dealkylation sites (N-methyl/N-ethyl adjacent to an activating group) is 1. The first-order valence-corrected chi connectivity index (χ1v) is 10.7. The lowest BCUT2D eigenvalue weighted by molar-refractivity contribution is 0.0637. The van der Waals surface area contributed by atoms with Gasteiger partial charge in [-0.1, -0.05) is 19.1 Å². The van der Waals surface area contributed by atoms with E-state index in [0.29, 0.717) is 5.69 Å². The molecule has 2 aliphatic heterocycles. The van der Waals surface area contributed by atoms with Gasteiger partial charge in [-0.2, -0.15) is 0 Å². The number of benzene rings is 1. The number of amides is 1. The second-order valence-electron chi connectivity index (χ2n) is 7.94. The quantitative estimate of drug-likeness (QED) is 0.799. The van der Waals surface area contributed by atoms with Crippen molar-refractivity contribution in [1.82, 2.24) is 14.8 Å². The fourth-order valence-corrected chi connectivity index (χ4v) is 4.18. The lowest BCUT2D eigenvalue weighted by Gasteiger charge is -2.37. The topological polar surface area (TPSA) is 42.9 Å². The summed E-state index contributed by atoms with van der Waals surface area (Å²) in [7, 11) is 0. The number of aryl methyl sites for hydroxylation is 1. The fraction of sp³-hybridized carbons (Fsp3) is 0.478. The molecule has 6 heteroatoms. The van der Waals surface area contributed by atoms with Gasteiger partial charge in [0.15, 0.2) is 0 Å². The van der Waals surface area contributed by atoms with Crippen LogP contribution in [0.3, 0.4) is 0 Å². The van der Waals surface area contributed by atoms with E-state index in [9.17, 15) is 4.79 Å². The molecule has 6 nitrogen and oxygen atoms in total. The van der Waals surface area contributed by atoms with E-state index in [4.69, 9.17) is 0 Å². The highest BCUT2D eigenvalue weighted by Crippen LogP contribution is 2.21. The number of nitrogens with zero attached hydrogens (tertiary/aromatic N) is 5. The van der Waals surface area contributed by atoms with Crippen LogP contribution < -0.4 is 9.80 Å². The molecule has 1 aromatic heterocycles. The lowest BCUT2D eigenvalue weighted by atomic mass is 10.2. The zero-order valence-corrected chi connectivity index (χ0v) is 17.5. The minimum atomic E-state index is 0.0524. The van der Waals surface area contributed by atoms with Crippen LogP contribution in [-0.2, 0) is 0 Å². The van der Waals surface area contributed by atoms with Crippen LogP contribution in [0.4, 0.5) is 11.4 Å². The molecule has 29 heavy (non-hydrogen) atoms. The summed E-state index contributed by atoms with van der Waals surface area (Å²) < 4.78 is 0. The van der Waals surface area contributed by atoms with Crippen LogP contribution in [0.1, 0.15) is 23.0 Å². The van der Waals surface area contributed by atoms with Gasteiger partial charge in [-0.25, -0.2) is 4.98 Å². The Morgan fingerprint density at radius 3 is 2.17 bits per heavy atom. The van der Waals surface area contributed by atoms with Gasteiger partial charge in [0.1, 0.15) is 5.69 Å². The third kappa shape index (κ3) is 4.53. The molecule has 0 spiro atoms. The maximum Gasteiger partial charge on any atom is 0.272 e. The van der Waals surface area contributed by atoms with Crippen LogP contribution in [-0.4, -0.2) is 79.6 Å². The summed E-state index contributed by atoms with van der Waals surface area (Å²) in [5, 5.41) is 0. The molecule has 0 radical (unpaired) electrons. The molecule has 2 aromatic rings. The van der Waals surface area contributed by atoms with Crippen molar-refractivity contribution < 1.29 is 4.79 Å². The normalized spacial score (nSPS) is 18.2. The SMILES string of the molecule is CCN1CCN(C(=O)c2ccc(N3CCN(c4cccc(C)c4)CC3)cn2)CC1. The first kappa shape index (κ1) is 19.7. The van der Waals surface area contributed by atoms with Crippen molar-refractivity contribution in [2.45, 2.75) is 13.8 Å². The highest BCUT2D eigenvalue weighted by atomic mass is 16.2. The van der Waals surface area contributed by atoms with Crippen molar-refractivity contribution in [1.29, 1.82) is 0 Å². The maximum atomic E-state index is 12.7. The molecule has 2 fully saturated rings. The second kappa shape index (κ2) is 8.82. The third-order valence-electron chi connectivity index (χ3n) is 6.09. The molecule has 1 aromatic carbocycles. The summed E-state index contributed by atoms with van der Waals surface area (Å²) in [5.74, 6) is 0.0524. The van der Waals surface area contributed by atoms with E-state index in [2.05, 4.69) is 57.8 Å². The Morgan fingerprint density at radius 2 is 1.59 bits per heavy atom. The molecule has 0 bridgehead atoms. The van der Waals surface area contributed by atoms with E-state index in [0.717, 1.165) is 64.6 Å².